The number of nitrogens with zero attached hydrogens (tertiary/aromatic N) is 2. The largest absolute Gasteiger partial charge is 0.285 e. The minimum atomic E-state index is -0.0178. The summed E-state index contributed by atoms with van der Waals surface area (Å²) in [5.74, 6) is -0.0178. The number of hydrogen-bond donors (Lipinski definition) is 0. The van der Waals surface area contributed by atoms with E-state index in [0.29, 0.717) is 0 Å². The van der Waals surface area contributed by atoms with Gasteiger partial charge in [0, 0.05) is 12.1 Å². The van der Waals surface area contributed by atoms with Crippen molar-refractivity contribution in [2.45, 2.75) is 19.4 Å². The van der Waals surface area contributed by atoms with Gasteiger partial charge in [0.15, 0.2) is 0 Å². The van der Waals surface area contributed by atoms with Crippen LogP contribution < -0.4 is 0 Å². The molecule has 1 aliphatic rings. The Labute approximate surface area is 107 Å². The Balaban J connectivity index is 2.18. The van der Waals surface area contributed by atoms with Crippen LogP contribution in [-0.2, 0) is 0 Å². The lowest BCUT2D eigenvalue weighted by Gasteiger charge is -2.14. The minimum Gasteiger partial charge on any atom is -0.285 e. The molecule has 0 amide bonds. The molecule has 0 aliphatic carbocycles. The molecule has 0 aromatic heterocycles. The van der Waals surface area contributed by atoms with E-state index in [1.54, 1.807) is 0 Å². The lowest BCUT2D eigenvalue weighted by molar-refractivity contribution is 0.597. The molecule has 0 radical (unpaired) electrons. The topological polar surface area (TPSA) is 36.1 Å². The molecular weight excluding hydrogens is 220 g/mol. The van der Waals surface area contributed by atoms with Crippen LogP contribution in [0.15, 0.2) is 47.5 Å². The first-order chi connectivity index (χ1) is 8.79. The predicted molar refractivity (Wildman–Crippen MR) is 73.5 cm³/mol. The van der Waals surface area contributed by atoms with E-state index in [1.165, 1.54) is 16.3 Å². The summed E-state index contributed by atoms with van der Waals surface area (Å²) in [7, 11) is 0. The average Bonchev–Trinajstić information content (AvgIpc) is 2.79. The fourth-order valence-electron chi connectivity index (χ4n) is 2.72. The molecule has 0 saturated carbocycles. The highest BCUT2D eigenvalue weighted by Gasteiger charge is 2.29. The summed E-state index contributed by atoms with van der Waals surface area (Å²) < 4.78 is 0. The van der Waals surface area contributed by atoms with Gasteiger partial charge in [0.05, 0.1) is 18.0 Å². The zero-order chi connectivity index (χ0) is 12.5. The summed E-state index contributed by atoms with van der Waals surface area (Å²) in [5, 5.41) is 11.7. The monoisotopic (exact) mass is 234 g/mol. The summed E-state index contributed by atoms with van der Waals surface area (Å²) in [4.78, 5) is 4.66. The van der Waals surface area contributed by atoms with Crippen molar-refractivity contribution in [3.8, 4) is 6.07 Å². The van der Waals surface area contributed by atoms with Gasteiger partial charge in [-0.1, -0.05) is 42.5 Å². The molecule has 2 aromatic rings. The maximum absolute atomic E-state index is 9.26. The summed E-state index contributed by atoms with van der Waals surface area (Å²) >= 11 is 0. The highest BCUT2D eigenvalue weighted by atomic mass is 14.8. The molecule has 1 aliphatic heterocycles. The lowest BCUT2D eigenvalue weighted by Crippen LogP contribution is -2.04. The van der Waals surface area contributed by atoms with Crippen molar-refractivity contribution in [2.75, 3.05) is 0 Å². The van der Waals surface area contributed by atoms with Gasteiger partial charge in [0.2, 0.25) is 0 Å². The van der Waals surface area contributed by atoms with Crippen LogP contribution in [0.25, 0.3) is 10.8 Å². The highest BCUT2D eigenvalue weighted by molar-refractivity contribution is 5.89. The Kier molecular flexibility index (Phi) is 2.60. The zero-order valence-corrected chi connectivity index (χ0v) is 10.3. The molecule has 2 heteroatoms. The molecule has 2 atom stereocenters. The van der Waals surface area contributed by atoms with E-state index >= 15 is 0 Å². The molecule has 88 valence electrons. The van der Waals surface area contributed by atoms with Crippen molar-refractivity contribution in [3.63, 3.8) is 0 Å². The molecule has 2 aromatic carbocycles. The molecule has 1 heterocycles. The Morgan fingerprint density at radius 3 is 2.78 bits per heavy atom. The Morgan fingerprint density at radius 1 is 1.17 bits per heavy atom. The third-order valence-corrected chi connectivity index (χ3v) is 3.56. The smallest absolute Gasteiger partial charge is 0.0916 e. The molecule has 0 unspecified atom stereocenters. The third kappa shape index (κ3) is 1.69. The average molecular weight is 234 g/mol. The second-order valence-electron chi connectivity index (χ2n) is 4.82. The fraction of sp³-hybridized carbons (Fsp3) is 0.250. The van der Waals surface area contributed by atoms with Crippen LogP contribution in [0, 0.1) is 17.2 Å². The molecule has 0 bridgehead atoms. The van der Waals surface area contributed by atoms with Gasteiger partial charge in [-0.2, -0.15) is 5.26 Å². The predicted octanol–water partition coefficient (Wildman–Crippen LogP) is 3.89. The normalized spacial score (nSPS) is 22.8. The van der Waals surface area contributed by atoms with Gasteiger partial charge in [-0.05, 0) is 23.3 Å². The number of benzene rings is 2. The van der Waals surface area contributed by atoms with E-state index in [9.17, 15) is 5.26 Å². The highest BCUT2D eigenvalue weighted by Crippen LogP contribution is 2.37. The molecule has 0 fully saturated rings. The maximum Gasteiger partial charge on any atom is 0.0916 e. The van der Waals surface area contributed by atoms with Crippen LogP contribution in [-0.4, -0.2) is 5.71 Å². The number of aliphatic imine (C=N–C) groups is 1. The molecule has 3 rings (SSSR count). The van der Waals surface area contributed by atoms with Crippen molar-refractivity contribution in [3.05, 3.63) is 48.0 Å². The lowest BCUT2D eigenvalue weighted by atomic mass is 9.91. The van der Waals surface area contributed by atoms with Crippen molar-refractivity contribution in [2.24, 2.45) is 10.9 Å². The van der Waals surface area contributed by atoms with E-state index in [-0.39, 0.29) is 12.0 Å². The Hall–Kier alpha value is -2.14. The summed E-state index contributed by atoms with van der Waals surface area (Å²) in [6.45, 7) is 2.01. The molecule has 2 nitrogen and oxygen atoms in total. The quantitative estimate of drug-likeness (QED) is 0.737. The van der Waals surface area contributed by atoms with E-state index in [2.05, 4.69) is 41.4 Å². The van der Waals surface area contributed by atoms with E-state index < -0.39 is 0 Å². The molecule has 0 saturated heterocycles. The van der Waals surface area contributed by atoms with Crippen LogP contribution >= 0.6 is 0 Å². The minimum absolute atomic E-state index is 0.00102. The summed E-state index contributed by atoms with van der Waals surface area (Å²) in [6.07, 6.45) is 0.796. The Bertz CT molecular complexity index is 659. The van der Waals surface area contributed by atoms with Crippen molar-refractivity contribution >= 4 is 16.5 Å². The number of nitriles is 1. The molecule has 0 spiro atoms. The standard InChI is InChI=1S/C16H14N2/c1-11-9-13(10-17)16(18-11)15-8-4-6-12-5-2-3-7-14(12)15/h2-8,13,16H,9H2,1H3/t13-,16-/m1/s1. The van der Waals surface area contributed by atoms with E-state index in [1.807, 2.05) is 19.1 Å². The molecule has 18 heavy (non-hydrogen) atoms. The van der Waals surface area contributed by atoms with Crippen LogP contribution in [0.4, 0.5) is 0 Å². The van der Waals surface area contributed by atoms with Gasteiger partial charge < -0.3 is 0 Å². The van der Waals surface area contributed by atoms with Crippen molar-refractivity contribution in [1.29, 1.82) is 5.26 Å². The van der Waals surface area contributed by atoms with Crippen molar-refractivity contribution < 1.29 is 0 Å². The zero-order valence-electron chi connectivity index (χ0n) is 10.3. The van der Waals surface area contributed by atoms with E-state index in [0.717, 1.165) is 12.1 Å². The summed E-state index contributed by atoms with van der Waals surface area (Å²) in [6, 6.07) is 16.9. The van der Waals surface area contributed by atoms with Gasteiger partial charge in [-0.3, -0.25) is 4.99 Å². The maximum atomic E-state index is 9.26. The SMILES string of the molecule is CC1=N[C@@H](c2cccc3ccccc23)[C@@H](C#N)C1. The first-order valence-corrected chi connectivity index (χ1v) is 6.20. The van der Waals surface area contributed by atoms with Crippen LogP contribution in [0.1, 0.15) is 24.9 Å². The van der Waals surface area contributed by atoms with Crippen LogP contribution in [0.2, 0.25) is 0 Å². The van der Waals surface area contributed by atoms with Gasteiger partial charge in [0.25, 0.3) is 0 Å². The number of fused-ring (bicyclic) bond motifs is 1. The van der Waals surface area contributed by atoms with Gasteiger partial charge in [-0.15, -0.1) is 0 Å². The van der Waals surface area contributed by atoms with E-state index in [4.69, 9.17) is 0 Å². The number of rotatable bonds is 1. The Morgan fingerprint density at radius 2 is 1.94 bits per heavy atom. The number of hydrogen-bond acceptors (Lipinski definition) is 2. The summed E-state index contributed by atoms with van der Waals surface area (Å²) in [5.41, 5.74) is 2.26. The van der Waals surface area contributed by atoms with Crippen LogP contribution in [0.3, 0.4) is 0 Å². The third-order valence-electron chi connectivity index (χ3n) is 3.56. The first kappa shape index (κ1) is 11.0. The molecular formula is C16H14N2. The fourth-order valence-corrected chi connectivity index (χ4v) is 2.72. The van der Waals surface area contributed by atoms with Crippen LogP contribution in [0.5, 0.6) is 0 Å². The van der Waals surface area contributed by atoms with Gasteiger partial charge in [0.1, 0.15) is 0 Å². The second-order valence-corrected chi connectivity index (χ2v) is 4.82. The van der Waals surface area contributed by atoms with Crippen molar-refractivity contribution in [1.82, 2.24) is 0 Å². The molecule has 0 N–H and O–H groups in total. The second kappa shape index (κ2) is 4.27. The van der Waals surface area contributed by atoms with Gasteiger partial charge >= 0.3 is 0 Å². The first-order valence-electron chi connectivity index (χ1n) is 6.20. The van der Waals surface area contributed by atoms with Gasteiger partial charge in [-0.25, -0.2) is 0 Å².